The highest BCUT2D eigenvalue weighted by Crippen LogP contribution is 2.42. The summed E-state index contributed by atoms with van der Waals surface area (Å²) < 4.78 is 14.7. The number of furan rings is 1. The van der Waals surface area contributed by atoms with Crippen LogP contribution in [0.5, 0.6) is 5.75 Å². The van der Waals surface area contributed by atoms with Crippen LogP contribution in [-0.4, -0.2) is 77.0 Å². The van der Waals surface area contributed by atoms with Crippen molar-refractivity contribution < 1.29 is 33.6 Å². The number of carbonyl (C=O) groups is 1. The average molecular weight is 776 g/mol. The zero-order chi connectivity index (χ0) is 38.8. The molecule has 0 fully saturated rings. The molecule has 0 saturated carbocycles. The number of fused-ring (bicyclic) bond motifs is 5. The van der Waals surface area contributed by atoms with Crippen molar-refractivity contribution in [1.82, 2.24) is 34.7 Å². The SMILES string of the molecule is Cn1cc2c(nc(NCCOOCCCCNC(=S)Nc3ccc(-c4c5ccc(=O)cc-5oc5cc(O)ccc45)c(C(=O)O)c3)n3nc(-c4ccco4)nc23)n1. The molecule has 0 saturated heterocycles. The molecular weight excluding hydrogens is 743 g/mol. The molecule has 1 aliphatic carbocycles. The quantitative estimate of drug-likeness (QED) is 0.0295. The molecule has 0 amide bonds. The highest BCUT2D eigenvalue weighted by Gasteiger charge is 2.23. The molecule has 5 N–H and O–H groups in total. The minimum absolute atomic E-state index is 0.00893. The summed E-state index contributed by atoms with van der Waals surface area (Å²) in [6, 6.07) is 17.4. The van der Waals surface area contributed by atoms with Crippen LogP contribution in [0, 0.1) is 0 Å². The fourth-order valence-electron chi connectivity index (χ4n) is 6.28. The van der Waals surface area contributed by atoms with Crippen LogP contribution in [-0.2, 0) is 16.8 Å². The van der Waals surface area contributed by atoms with Crippen LogP contribution >= 0.6 is 12.2 Å². The lowest BCUT2D eigenvalue weighted by molar-refractivity contribution is -0.292. The van der Waals surface area contributed by atoms with Crippen molar-refractivity contribution in [3.63, 3.8) is 0 Å². The Morgan fingerprint density at radius 2 is 1.79 bits per heavy atom. The number of rotatable bonds is 14. The largest absolute Gasteiger partial charge is 0.508 e. The minimum atomic E-state index is -1.16. The van der Waals surface area contributed by atoms with Crippen molar-refractivity contribution in [1.29, 1.82) is 0 Å². The number of aromatic hydroxyl groups is 1. The Kier molecular flexibility index (Phi) is 9.97. The number of anilines is 2. The van der Waals surface area contributed by atoms with Gasteiger partial charge in [0.05, 0.1) is 30.4 Å². The molecule has 8 rings (SSSR count). The summed E-state index contributed by atoms with van der Waals surface area (Å²) in [6.45, 7) is 1.51. The lowest BCUT2D eigenvalue weighted by Crippen LogP contribution is -2.29. The minimum Gasteiger partial charge on any atom is -0.508 e. The summed E-state index contributed by atoms with van der Waals surface area (Å²) in [5.74, 6) is 0.499. The Labute approximate surface area is 321 Å². The van der Waals surface area contributed by atoms with Crippen molar-refractivity contribution in [3.05, 3.63) is 95.0 Å². The monoisotopic (exact) mass is 775 g/mol. The zero-order valence-corrected chi connectivity index (χ0v) is 30.5. The predicted molar refractivity (Wildman–Crippen MR) is 210 cm³/mol. The van der Waals surface area contributed by atoms with Gasteiger partial charge in [-0.15, -0.1) is 5.10 Å². The molecule has 17 nitrogen and oxygen atoms in total. The van der Waals surface area contributed by atoms with Crippen LogP contribution in [0.25, 0.3) is 61.7 Å². The smallest absolute Gasteiger partial charge is 0.336 e. The Hall–Kier alpha value is -6.89. The molecule has 284 valence electrons. The van der Waals surface area contributed by atoms with Crippen LogP contribution in [0.4, 0.5) is 11.6 Å². The number of unbranched alkanes of at least 4 members (excludes halogenated alkanes) is 1. The molecule has 0 unspecified atom stereocenters. The highest BCUT2D eigenvalue weighted by molar-refractivity contribution is 7.80. The highest BCUT2D eigenvalue weighted by atomic mass is 32.1. The number of carboxylic acids is 1. The number of phenols is 1. The van der Waals surface area contributed by atoms with Crippen molar-refractivity contribution in [2.24, 2.45) is 7.05 Å². The number of nitrogens with zero attached hydrogens (tertiary/aromatic N) is 6. The van der Waals surface area contributed by atoms with E-state index >= 15 is 0 Å². The van der Waals surface area contributed by atoms with E-state index in [0.717, 1.165) is 11.8 Å². The first kappa shape index (κ1) is 36.1. The first-order valence-electron chi connectivity index (χ1n) is 17.5. The molecule has 5 heterocycles. The van der Waals surface area contributed by atoms with Crippen LogP contribution in [0.15, 0.2) is 92.8 Å². The first-order valence-corrected chi connectivity index (χ1v) is 17.9. The number of hydrogen-bond acceptors (Lipinski definition) is 13. The molecule has 6 aromatic rings. The molecule has 1 aliphatic heterocycles. The van der Waals surface area contributed by atoms with Gasteiger partial charge in [-0.1, -0.05) is 6.07 Å². The predicted octanol–water partition coefficient (Wildman–Crippen LogP) is 5.68. The molecule has 2 aliphatic rings. The molecule has 56 heavy (non-hydrogen) atoms. The van der Waals surface area contributed by atoms with E-state index in [0.29, 0.717) is 93.4 Å². The first-order chi connectivity index (χ1) is 27.2. The standard InChI is InChI=1S/C38H33N9O8S/c1-46-20-28-33(44-46)43-37(47-35(28)42-34(45-47)29-5-4-14-52-29)39-13-16-54-53-15-3-2-12-40-38(56)41-21-6-9-24(27(17-21)36(50)51)32-25-10-7-22(48)18-30(25)55-31-19-23(49)8-11-26(31)32/h4-11,14,17-20,48H,2-3,12-13,15-16H2,1H3,(H,50,51)(H,39,43,44)(H2,40,41,56). The number of carboxylic acid groups (broad SMARTS) is 1. The summed E-state index contributed by atoms with van der Waals surface area (Å²) in [4.78, 5) is 44.6. The third-order valence-electron chi connectivity index (χ3n) is 8.76. The summed E-state index contributed by atoms with van der Waals surface area (Å²) in [5, 5.41) is 40.3. The van der Waals surface area contributed by atoms with Crippen LogP contribution in [0.1, 0.15) is 23.2 Å². The Bertz CT molecular complexity index is 2760. The maximum Gasteiger partial charge on any atom is 0.336 e. The second-order valence-corrected chi connectivity index (χ2v) is 13.1. The lowest BCUT2D eigenvalue weighted by atomic mass is 9.90. The molecule has 0 atom stereocenters. The van der Waals surface area contributed by atoms with Gasteiger partial charge in [0.25, 0.3) is 0 Å². The number of benzene rings is 3. The number of nitrogens with one attached hydrogen (secondary N) is 3. The van der Waals surface area contributed by atoms with Crippen molar-refractivity contribution >= 4 is 62.6 Å². The van der Waals surface area contributed by atoms with Crippen LogP contribution in [0.3, 0.4) is 0 Å². The number of aromatic nitrogens is 6. The van der Waals surface area contributed by atoms with Gasteiger partial charge in [-0.25, -0.2) is 19.6 Å². The fourth-order valence-corrected chi connectivity index (χ4v) is 6.50. The van der Waals surface area contributed by atoms with Gasteiger partial charge >= 0.3 is 5.97 Å². The van der Waals surface area contributed by atoms with Crippen LogP contribution < -0.4 is 21.4 Å². The zero-order valence-electron chi connectivity index (χ0n) is 29.7. The Balaban J connectivity index is 0.811. The van der Waals surface area contributed by atoms with Crippen molar-refractivity contribution in [2.75, 3.05) is 36.9 Å². The average Bonchev–Trinajstić information content (AvgIpc) is 3.95. The number of phenolic OH excluding ortho intramolecular Hbond substituents is 1. The Morgan fingerprint density at radius 3 is 2.62 bits per heavy atom. The topological polar surface area (TPSA) is 216 Å². The van der Waals surface area contributed by atoms with Crippen LogP contribution in [0.2, 0.25) is 0 Å². The van der Waals surface area contributed by atoms with E-state index in [1.54, 1.807) is 51.9 Å². The van der Waals surface area contributed by atoms with Crippen molar-refractivity contribution in [3.8, 4) is 39.8 Å². The molecule has 4 aromatic heterocycles. The van der Waals surface area contributed by atoms with Gasteiger partial charge < -0.3 is 35.0 Å². The molecular formula is C38H33N9O8S. The van der Waals surface area contributed by atoms with Gasteiger partial charge in [-0.2, -0.15) is 14.6 Å². The van der Waals surface area contributed by atoms with E-state index in [1.165, 1.54) is 30.3 Å². The Morgan fingerprint density at radius 1 is 0.929 bits per heavy atom. The maximum absolute atomic E-state index is 12.5. The molecule has 2 aromatic carbocycles. The number of aromatic carboxylic acids is 1. The molecule has 0 spiro atoms. The van der Waals surface area contributed by atoms with E-state index in [9.17, 15) is 19.8 Å². The lowest BCUT2D eigenvalue weighted by Gasteiger charge is -2.18. The van der Waals surface area contributed by atoms with E-state index in [-0.39, 0.29) is 29.1 Å². The molecule has 0 bridgehead atoms. The van der Waals surface area contributed by atoms with E-state index in [4.69, 9.17) is 30.8 Å². The van der Waals surface area contributed by atoms with Gasteiger partial charge in [0, 0.05) is 60.7 Å². The maximum atomic E-state index is 12.5. The third kappa shape index (κ3) is 7.43. The van der Waals surface area contributed by atoms with Gasteiger partial charge in [-0.05, 0) is 79.2 Å². The second-order valence-electron chi connectivity index (χ2n) is 12.7. The second kappa shape index (κ2) is 15.5. The fraction of sp³-hybridized carbons (Fsp3) is 0.184. The third-order valence-corrected chi connectivity index (χ3v) is 9.00. The molecule has 18 heteroatoms. The van der Waals surface area contributed by atoms with Gasteiger partial charge in [0.2, 0.25) is 11.8 Å². The molecule has 0 radical (unpaired) electrons. The summed E-state index contributed by atoms with van der Waals surface area (Å²) >= 11 is 5.47. The van der Waals surface area contributed by atoms with E-state index < -0.39 is 5.97 Å². The summed E-state index contributed by atoms with van der Waals surface area (Å²) in [6.07, 6.45) is 4.81. The number of thiocarbonyl (C=S) groups is 1. The summed E-state index contributed by atoms with van der Waals surface area (Å²) in [5.41, 5.74) is 3.16. The van der Waals surface area contributed by atoms with Gasteiger partial charge in [0.1, 0.15) is 17.1 Å². The normalized spacial score (nSPS) is 11.5. The summed E-state index contributed by atoms with van der Waals surface area (Å²) in [7, 11) is 1.81. The van der Waals surface area contributed by atoms with Gasteiger partial charge in [0.15, 0.2) is 27.6 Å². The van der Waals surface area contributed by atoms with Gasteiger partial charge in [-0.3, -0.25) is 9.48 Å². The van der Waals surface area contributed by atoms with Crippen molar-refractivity contribution in [2.45, 2.75) is 12.8 Å². The number of hydrogen-bond donors (Lipinski definition) is 5. The number of aryl methyl sites for hydroxylation is 1. The van der Waals surface area contributed by atoms with E-state index in [2.05, 4.69) is 36.1 Å². The van der Waals surface area contributed by atoms with E-state index in [1.807, 2.05) is 13.2 Å².